The number of aliphatic hydroxyl groups is 1. The number of amides is 1. The summed E-state index contributed by atoms with van der Waals surface area (Å²) in [6, 6.07) is 5.37. The summed E-state index contributed by atoms with van der Waals surface area (Å²) < 4.78 is 0. The maximum Gasteiger partial charge on any atom is 0.238 e. The third kappa shape index (κ3) is 5.12. The second-order valence-corrected chi connectivity index (χ2v) is 5.48. The molecule has 0 aliphatic rings. The van der Waals surface area contributed by atoms with E-state index >= 15 is 0 Å². The van der Waals surface area contributed by atoms with Gasteiger partial charge < -0.3 is 15.7 Å². The Morgan fingerprint density at radius 2 is 2.00 bits per heavy atom. The fourth-order valence-corrected chi connectivity index (χ4v) is 2.00. The first-order valence-electron chi connectivity index (χ1n) is 6.89. The zero-order valence-corrected chi connectivity index (χ0v) is 13.0. The quantitative estimate of drug-likeness (QED) is 0.725. The van der Waals surface area contributed by atoms with Gasteiger partial charge in [0.15, 0.2) is 0 Å². The molecule has 0 bridgehead atoms. The monoisotopic (exact) mass is 298 g/mol. The lowest BCUT2D eigenvalue weighted by atomic mass is 9.98. The second-order valence-electron chi connectivity index (χ2n) is 5.04. The standard InChI is InChI=1S/C15H23ClN2O2/c1-4-15(20,5-2)10-17-9-14(19)18-13-8-12(16)7-6-11(13)3/h6-8,17,20H,4-5,9-10H2,1-3H3,(H,18,19). The molecule has 1 aromatic carbocycles. The maximum absolute atomic E-state index is 11.8. The van der Waals surface area contributed by atoms with Gasteiger partial charge in [0.1, 0.15) is 0 Å². The summed E-state index contributed by atoms with van der Waals surface area (Å²) in [6.07, 6.45) is 1.32. The zero-order valence-electron chi connectivity index (χ0n) is 12.3. The molecule has 0 unspecified atom stereocenters. The van der Waals surface area contributed by atoms with Gasteiger partial charge >= 0.3 is 0 Å². The molecule has 0 saturated heterocycles. The number of hydrogen-bond acceptors (Lipinski definition) is 3. The van der Waals surface area contributed by atoms with Crippen LogP contribution in [0.4, 0.5) is 5.69 Å². The highest BCUT2D eigenvalue weighted by molar-refractivity contribution is 6.31. The third-order valence-electron chi connectivity index (χ3n) is 3.53. The summed E-state index contributed by atoms with van der Waals surface area (Å²) in [7, 11) is 0. The number of carbonyl (C=O) groups is 1. The molecule has 0 atom stereocenters. The van der Waals surface area contributed by atoms with E-state index in [-0.39, 0.29) is 12.5 Å². The Bertz CT molecular complexity index is 459. The van der Waals surface area contributed by atoms with Gasteiger partial charge in [-0.05, 0) is 37.5 Å². The Labute approximate surface area is 125 Å². The van der Waals surface area contributed by atoms with Gasteiger partial charge in [-0.3, -0.25) is 4.79 Å². The number of carbonyl (C=O) groups excluding carboxylic acids is 1. The van der Waals surface area contributed by atoms with Crippen molar-refractivity contribution in [2.45, 2.75) is 39.2 Å². The molecule has 3 N–H and O–H groups in total. The number of nitrogens with one attached hydrogen (secondary N) is 2. The van der Waals surface area contributed by atoms with Gasteiger partial charge in [-0.1, -0.05) is 31.5 Å². The van der Waals surface area contributed by atoms with Crippen LogP contribution in [0.1, 0.15) is 32.3 Å². The molecular weight excluding hydrogens is 276 g/mol. The molecule has 4 nitrogen and oxygen atoms in total. The summed E-state index contributed by atoms with van der Waals surface area (Å²) in [5.74, 6) is -0.148. The summed E-state index contributed by atoms with van der Waals surface area (Å²) in [6.45, 7) is 6.34. The molecule has 112 valence electrons. The van der Waals surface area contributed by atoms with Gasteiger partial charge in [0.05, 0.1) is 12.1 Å². The largest absolute Gasteiger partial charge is 0.389 e. The van der Waals surface area contributed by atoms with Gasteiger partial charge in [0.2, 0.25) is 5.91 Å². The lowest BCUT2D eigenvalue weighted by Crippen LogP contribution is -2.42. The van der Waals surface area contributed by atoms with E-state index in [2.05, 4.69) is 10.6 Å². The molecular formula is C15H23ClN2O2. The first-order chi connectivity index (χ1) is 9.40. The third-order valence-corrected chi connectivity index (χ3v) is 3.76. The number of halogens is 1. The number of rotatable bonds is 7. The minimum atomic E-state index is -0.744. The molecule has 0 saturated carbocycles. The Hall–Kier alpha value is -1.10. The SMILES string of the molecule is CCC(O)(CC)CNCC(=O)Nc1cc(Cl)ccc1C. The average molecular weight is 299 g/mol. The van der Waals surface area contributed by atoms with Crippen molar-refractivity contribution in [3.05, 3.63) is 28.8 Å². The highest BCUT2D eigenvalue weighted by Gasteiger charge is 2.21. The van der Waals surface area contributed by atoms with Crippen molar-refractivity contribution in [2.24, 2.45) is 0 Å². The number of benzene rings is 1. The topological polar surface area (TPSA) is 61.4 Å². The Balaban J connectivity index is 2.46. The van der Waals surface area contributed by atoms with Crippen molar-refractivity contribution in [3.8, 4) is 0 Å². The van der Waals surface area contributed by atoms with Crippen molar-refractivity contribution in [1.29, 1.82) is 0 Å². The molecule has 1 aromatic rings. The Kier molecular flexibility index (Phi) is 6.46. The smallest absolute Gasteiger partial charge is 0.238 e. The molecule has 0 fully saturated rings. The normalized spacial score (nSPS) is 11.4. The molecule has 5 heteroatoms. The minimum Gasteiger partial charge on any atom is -0.389 e. The molecule has 20 heavy (non-hydrogen) atoms. The van der Waals surface area contributed by atoms with Gasteiger partial charge in [0.25, 0.3) is 0 Å². The average Bonchev–Trinajstić information content (AvgIpc) is 2.42. The highest BCUT2D eigenvalue weighted by atomic mass is 35.5. The number of anilines is 1. The van der Waals surface area contributed by atoms with Crippen LogP contribution in [0.5, 0.6) is 0 Å². The first kappa shape index (κ1) is 17.0. The van der Waals surface area contributed by atoms with E-state index < -0.39 is 5.60 Å². The van der Waals surface area contributed by atoms with Crippen LogP contribution in [0.25, 0.3) is 0 Å². The lowest BCUT2D eigenvalue weighted by molar-refractivity contribution is -0.115. The molecule has 0 heterocycles. The summed E-state index contributed by atoms with van der Waals surface area (Å²) in [5.41, 5.74) is 0.929. The fraction of sp³-hybridized carbons (Fsp3) is 0.533. The van der Waals surface area contributed by atoms with Gasteiger partial charge in [-0.2, -0.15) is 0 Å². The van der Waals surface area contributed by atoms with Crippen LogP contribution in [0, 0.1) is 6.92 Å². The van der Waals surface area contributed by atoms with Crippen LogP contribution in [0.2, 0.25) is 5.02 Å². The van der Waals surface area contributed by atoms with E-state index in [1.807, 2.05) is 26.8 Å². The van der Waals surface area contributed by atoms with E-state index in [4.69, 9.17) is 11.6 Å². The van der Waals surface area contributed by atoms with Crippen LogP contribution >= 0.6 is 11.6 Å². The molecule has 0 aliphatic carbocycles. The summed E-state index contributed by atoms with van der Waals surface area (Å²) in [5, 5.41) is 16.5. The highest BCUT2D eigenvalue weighted by Crippen LogP contribution is 2.20. The van der Waals surface area contributed by atoms with Crippen LogP contribution in [-0.4, -0.2) is 29.7 Å². The Morgan fingerprint density at radius 3 is 2.60 bits per heavy atom. The predicted molar refractivity (Wildman–Crippen MR) is 83.2 cm³/mol. The van der Waals surface area contributed by atoms with Crippen LogP contribution in [-0.2, 0) is 4.79 Å². The minimum absolute atomic E-state index is 0.148. The van der Waals surface area contributed by atoms with E-state index in [1.165, 1.54) is 0 Å². The number of hydrogen-bond donors (Lipinski definition) is 3. The van der Waals surface area contributed by atoms with E-state index in [0.717, 1.165) is 5.56 Å². The zero-order chi connectivity index (χ0) is 15.2. The van der Waals surface area contributed by atoms with Crippen molar-refractivity contribution in [2.75, 3.05) is 18.4 Å². The van der Waals surface area contributed by atoms with Gasteiger partial charge in [-0.15, -0.1) is 0 Å². The van der Waals surface area contributed by atoms with Crippen molar-refractivity contribution in [3.63, 3.8) is 0 Å². The first-order valence-corrected chi connectivity index (χ1v) is 7.27. The fourth-order valence-electron chi connectivity index (χ4n) is 1.83. The predicted octanol–water partition coefficient (Wildman–Crippen LogP) is 2.73. The lowest BCUT2D eigenvalue weighted by Gasteiger charge is -2.25. The Morgan fingerprint density at radius 1 is 1.35 bits per heavy atom. The van der Waals surface area contributed by atoms with Gasteiger partial charge in [-0.25, -0.2) is 0 Å². The number of aryl methyl sites for hydroxylation is 1. The van der Waals surface area contributed by atoms with Crippen LogP contribution in [0.3, 0.4) is 0 Å². The van der Waals surface area contributed by atoms with Crippen molar-refractivity contribution < 1.29 is 9.90 Å². The molecule has 1 amide bonds. The van der Waals surface area contributed by atoms with Crippen LogP contribution < -0.4 is 10.6 Å². The summed E-state index contributed by atoms with van der Waals surface area (Å²) >= 11 is 5.90. The van der Waals surface area contributed by atoms with Gasteiger partial charge in [0, 0.05) is 17.3 Å². The van der Waals surface area contributed by atoms with Crippen molar-refractivity contribution in [1.82, 2.24) is 5.32 Å². The molecule has 0 aromatic heterocycles. The van der Waals surface area contributed by atoms with E-state index in [1.54, 1.807) is 12.1 Å². The van der Waals surface area contributed by atoms with Crippen molar-refractivity contribution >= 4 is 23.2 Å². The maximum atomic E-state index is 11.8. The van der Waals surface area contributed by atoms with E-state index in [0.29, 0.717) is 30.1 Å². The molecule has 1 rings (SSSR count). The summed E-state index contributed by atoms with van der Waals surface area (Å²) in [4.78, 5) is 11.8. The second kappa shape index (κ2) is 7.62. The molecule has 0 radical (unpaired) electrons. The van der Waals surface area contributed by atoms with E-state index in [9.17, 15) is 9.90 Å². The molecule has 0 spiro atoms. The van der Waals surface area contributed by atoms with Crippen LogP contribution in [0.15, 0.2) is 18.2 Å². The molecule has 0 aliphatic heterocycles.